The fraction of sp³-hybridized carbons (Fsp3) is 0.500. The number of nitrogens with one attached hydrogen (secondary N) is 2. The number of hydrogen-bond acceptors (Lipinski definition) is 3. The molecule has 1 saturated carbocycles. The smallest absolute Gasteiger partial charge is 0.236 e. The van der Waals surface area contributed by atoms with Crippen LogP contribution in [-0.4, -0.2) is 30.3 Å². The molecule has 1 aliphatic heterocycles. The number of thioether (sulfide) groups is 1. The van der Waals surface area contributed by atoms with E-state index in [1.165, 1.54) is 10.5 Å². The zero-order valence-corrected chi connectivity index (χ0v) is 13.8. The Hall–Kier alpha value is -1.26. The second-order valence-electron chi connectivity index (χ2n) is 6.12. The summed E-state index contributed by atoms with van der Waals surface area (Å²) in [6.07, 6.45) is 7.52. The molecular formula is C18H24N2OS. The Morgan fingerprint density at radius 3 is 2.68 bits per heavy atom. The molecule has 1 fully saturated rings. The lowest BCUT2D eigenvalue weighted by Gasteiger charge is -2.27. The maximum Gasteiger partial charge on any atom is 0.236 e. The lowest BCUT2D eigenvalue weighted by molar-refractivity contribution is -0.123. The average Bonchev–Trinajstić information content (AvgIpc) is 3.04. The minimum absolute atomic E-state index is 0.221. The van der Waals surface area contributed by atoms with Crippen LogP contribution in [0.3, 0.4) is 0 Å². The van der Waals surface area contributed by atoms with Crippen LogP contribution in [0.25, 0.3) is 0 Å². The van der Waals surface area contributed by atoms with Gasteiger partial charge in [-0.2, -0.15) is 0 Å². The molecule has 1 amide bonds. The van der Waals surface area contributed by atoms with Gasteiger partial charge in [-0.3, -0.25) is 4.79 Å². The molecule has 4 heteroatoms. The third-order valence-corrected chi connectivity index (χ3v) is 6.01. The summed E-state index contributed by atoms with van der Waals surface area (Å²) in [6, 6.07) is 10.3. The third-order valence-electron chi connectivity index (χ3n) is 4.52. The monoisotopic (exact) mass is 316 g/mol. The third kappa shape index (κ3) is 3.73. The maximum absolute atomic E-state index is 12.8. The van der Waals surface area contributed by atoms with Crippen LogP contribution in [0.15, 0.2) is 46.9 Å². The van der Waals surface area contributed by atoms with Gasteiger partial charge < -0.3 is 10.6 Å². The predicted molar refractivity (Wildman–Crippen MR) is 92.1 cm³/mol. The van der Waals surface area contributed by atoms with Crippen LogP contribution in [-0.2, 0) is 4.79 Å². The van der Waals surface area contributed by atoms with E-state index < -0.39 is 0 Å². The number of benzene rings is 1. The van der Waals surface area contributed by atoms with Crippen molar-refractivity contribution in [3.8, 4) is 0 Å². The average molecular weight is 316 g/mol. The highest BCUT2D eigenvalue weighted by Gasteiger charge is 2.42. The number of carbonyl (C=O) groups excluding carboxylic acids is 1. The van der Waals surface area contributed by atoms with Crippen LogP contribution >= 0.6 is 11.8 Å². The first-order valence-corrected chi connectivity index (χ1v) is 9.01. The number of carbonyl (C=O) groups is 1. The van der Waals surface area contributed by atoms with E-state index in [0.29, 0.717) is 6.54 Å². The summed E-state index contributed by atoms with van der Waals surface area (Å²) in [5, 5.41) is 6.50. The highest BCUT2D eigenvalue weighted by molar-refractivity contribution is 8.01. The van der Waals surface area contributed by atoms with Crippen molar-refractivity contribution >= 4 is 17.7 Å². The van der Waals surface area contributed by atoms with Crippen LogP contribution in [0.5, 0.6) is 0 Å². The Morgan fingerprint density at radius 2 is 2.00 bits per heavy atom. The SMILES string of the molecule is O=C(NCC1=CCNCC1)C1(Sc2ccccc2)CCCC1. The Balaban J connectivity index is 1.64. The van der Waals surface area contributed by atoms with Gasteiger partial charge in [0, 0.05) is 18.0 Å². The highest BCUT2D eigenvalue weighted by atomic mass is 32.2. The lowest BCUT2D eigenvalue weighted by Crippen LogP contribution is -2.43. The van der Waals surface area contributed by atoms with E-state index in [-0.39, 0.29) is 10.7 Å². The standard InChI is InChI=1S/C18H24N2OS/c21-17(20-14-15-8-12-19-13-9-15)18(10-4-5-11-18)22-16-6-2-1-3-7-16/h1-3,6-8,19H,4-5,9-14H2,(H,20,21). The fourth-order valence-corrected chi connectivity index (χ4v) is 4.62. The molecule has 0 bridgehead atoms. The van der Waals surface area contributed by atoms with Gasteiger partial charge in [-0.1, -0.05) is 42.7 Å². The first-order valence-electron chi connectivity index (χ1n) is 8.19. The Bertz CT molecular complexity index is 535. The molecule has 0 spiro atoms. The number of rotatable bonds is 5. The van der Waals surface area contributed by atoms with Crippen molar-refractivity contribution in [3.63, 3.8) is 0 Å². The molecule has 1 aromatic rings. The molecule has 1 heterocycles. The molecule has 2 N–H and O–H groups in total. The molecule has 1 aliphatic carbocycles. The van der Waals surface area contributed by atoms with Gasteiger partial charge in [0.25, 0.3) is 0 Å². The molecule has 2 aliphatic rings. The van der Waals surface area contributed by atoms with E-state index in [2.05, 4.69) is 28.8 Å². The molecule has 0 saturated heterocycles. The van der Waals surface area contributed by atoms with E-state index in [0.717, 1.165) is 45.2 Å². The van der Waals surface area contributed by atoms with Crippen molar-refractivity contribution in [1.82, 2.24) is 10.6 Å². The zero-order valence-electron chi connectivity index (χ0n) is 12.9. The van der Waals surface area contributed by atoms with E-state index in [1.807, 2.05) is 18.2 Å². The highest BCUT2D eigenvalue weighted by Crippen LogP contribution is 2.45. The van der Waals surface area contributed by atoms with Crippen LogP contribution in [0.2, 0.25) is 0 Å². The van der Waals surface area contributed by atoms with Gasteiger partial charge in [-0.25, -0.2) is 0 Å². The van der Waals surface area contributed by atoms with Gasteiger partial charge in [0.2, 0.25) is 5.91 Å². The lowest BCUT2D eigenvalue weighted by atomic mass is 10.1. The molecule has 118 valence electrons. The van der Waals surface area contributed by atoms with Gasteiger partial charge in [-0.05, 0) is 37.9 Å². The molecule has 22 heavy (non-hydrogen) atoms. The van der Waals surface area contributed by atoms with Crippen molar-refractivity contribution in [2.75, 3.05) is 19.6 Å². The quantitative estimate of drug-likeness (QED) is 0.820. The van der Waals surface area contributed by atoms with Crippen LogP contribution in [0, 0.1) is 0 Å². The molecule has 0 aromatic heterocycles. The Morgan fingerprint density at radius 1 is 1.23 bits per heavy atom. The summed E-state index contributed by atoms with van der Waals surface area (Å²) < 4.78 is -0.269. The topological polar surface area (TPSA) is 41.1 Å². The van der Waals surface area contributed by atoms with Crippen molar-refractivity contribution in [2.24, 2.45) is 0 Å². The summed E-state index contributed by atoms with van der Waals surface area (Å²) in [5.41, 5.74) is 1.35. The zero-order chi connectivity index (χ0) is 15.3. The van der Waals surface area contributed by atoms with Gasteiger partial charge >= 0.3 is 0 Å². The first-order chi connectivity index (χ1) is 10.8. The van der Waals surface area contributed by atoms with Crippen LogP contribution in [0.1, 0.15) is 32.1 Å². The number of hydrogen-bond donors (Lipinski definition) is 2. The van der Waals surface area contributed by atoms with Crippen molar-refractivity contribution in [1.29, 1.82) is 0 Å². The van der Waals surface area contributed by atoms with Gasteiger partial charge in [-0.15, -0.1) is 11.8 Å². The molecule has 1 aromatic carbocycles. The van der Waals surface area contributed by atoms with Crippen molar-refractivity contribution < 1.29 is 4.79 Å². The summed E-state index contributed by atoms with van der Waals surface area (Å²) in [5.74, 6) is 0.221. The number of amides is 1. The Labute approximate surface area is 136 Å². The first kappa shape index (κ1) is 15.6. The minimum atomic E-state index is -0.269. The van der Waals surface area contributed by atoms with E-state index in [1.54, 1.807) is 11.8 Å². The normalized spacial score (nSPS) is 20.5. The summed E-state index contributed by atoms with van der Waals surface area (Å²) in [4.78, 5) is 14.0. The minimum Gasteiger partial charge on any atom is -0.351 e. The Kier molecular flexibility index (Phi) is 5.21. The van der Waals surface area contributed by atoms with Crippen molar-refractivity contribution in [3.05, 3.63) is 42.0 Å². The fourth-order valence-electron chi connectivity index (χ4n) is 3.22. The molecular weight excluding hydrogens is 292 g/mol. The summed E-state index contributed by atoms with van der Waals surface area (Å²) in [6.45, 7) is 2.65. The van der Waals surface area contributed by atoms with Crippen LogP contribution < -0.4 is 10.6 Å². The van der Waals surface area contributed by atoms with E-state index >= 15 is 0 Å². The maximum atomic E-state index is 12.8. The van der Waals surface area contributed by atoms with Crippen molar-refractivity contribution in [2.45, 2.75) is 41.7 Å². The van der Waals surface area contributed by atoms with Gasteiger partial charge in [0.15, 0.2) is 0 Å². The predicted octanol–water partition coefficient (Wildman–Crippen LogP) is 3.13. The summed E-state index contributed by atoms with van der Waals surface area (Å²) in [7, 11) is 0. The van der Waals surface area contributed by atoms with Gasteiger partial charge in [0.1, 0.15) is 0 Å². The molecule has 0 atom stereocenters. The molecule has 0 radical (unpaired) electrons. The molecule has 0 unspecified atom stereocenters. The van der Waals surface area contributed by atoms with E-state index in [9.17, 15) is 4.79 Å². The second kappa shape index (κ2) is 7.34. The molecule has 3 nitrogen and oxygen atoms in total. The second-order valence-corrected chi connectivity index (χ2v) is 7.57. The summed E-state index contributed by atoms with van der Waals surface area (Å²) >= 11 is 1.75. The van der Waals surface area contributed by atoms with Crippen LogP contribution in [0.4, 0.5) is 0 Å². The largest absolute Gasteiger partial charge is 0.351 e. The van der Waals surface area contributed by atoms with E-state index in [4.69, 9.17) is 0 Å². The van der Waals surface area contributed by atoms with Gasteiger partial charge in [0.05, 0.1) is 4.75 Å². The molecule has 3 rings (SSSR count).